The van der Waals surface area contributed by atoms with Crippen LogP contribution in [0.1, 0.15) is 13.8 Å². The van der Waals surface area contributed by atoms with Crippen LogP contribution in [-0.2, 0) is 9.59 Å². The van der Waals surface area contributed by atoms with Crippen LogP contribution in [0.5, 0.6) is 0 Å². The molecule has 0 aliphatic carbocycles. The minimum atomic E-state index is -0.677. The molecule has 0 aromatic heterocycles. The Balaban J connectivity index is 4.08. The topological polar surface area (TPSA) is 60.2 Å². The minimum Gasteiger partial charge on any atom is -0.322 e. The van der Waals surface area contributed by atoms with Crippen molar-refractivity contribution in [3.63, 3.8) is 0 Å². The van der Waals surface area contributed by atoms with E-state index in [4.69, 9.17) is 5.73 Å². The summed E-state index contributed by atoms with van der Waals surface area (Å²) in [5.74, 6) is -0.941. The molecule has 0 aliphatic heterocycles. The summed E-state index contributed by atoms with van der Waals surface area (Å²) in [7, 11) is 0. The minimum absolute atomic E-state index is 0.264. The molecular formula is C6H11NO2S. The van der Waals surface area contributed by atoms with Gasteiger partial charge in [-0.15, -0.1) is 12.6 Å². The summed E-state index contributed by atoms with van der Waals surface area (Å²) in [5, 5.41) is -0.428. The lowest BCUT2D eigenvalue weighted by Crippen LogP contribution is -2.33. The summed E-state index contributed by atoms with van der Waals surface area (Å²) in [5.41, 5.74) is 5.24. The smallest absolute Gasteiger partial charge is 0.196 e. The summed E-state index contributed by atoms with van der Waals surface area (Å²) in [6, 6.07) is -0.578. The van der Waals surface area contributed by atoms with Gasteiger partial charge in [0.1, 0.15) is 0 Å². The number of ketones is 1. The van der Waals surface area contributed by atoms with Gasteiger partial charge in [-0.25, -0.2) is 0 Å². The van der Waals surface area contributed by atoms with E-state index in [0.717, 1.165) is 0 Å². The first-order valence-corrected chi connectivity index (χ1v) is 3.43. The zero-order valence-corrected chi connectivity index (χ0v) is 6.89. The number of Topliss-reactive ketones (excluding diaryl/α,β-unsaturated/α-hetero) is 1. The fourth-order valence-electron chi connectivity index (χ4n) is 0.516. The normalized spacial score (nSPS) is 16.0. The quantitative estimate of drug-likeness (QED) is 0.452. The van der Waals surface area contributed by atoms with Gasteiger partial charge in [-0.2, -0.15) is 0 Å². The fourth-order valence-corrected chi connectivity index (χ4v) is 0.643. The summed E-state index contributed by atoms with van der Waals surface area (Å²) in [6.45, 7) is 3.05. The molecule has 0 radical (unpaired) electrons. The summed E-state index contributed by atoms with van der Waals surface area (Å²) < 4.78 is 0. The van der Waals surface area contributed by atoms with E-state index in [9.17, 15) is 9.59 Å². The fraction of sp³-hybridized carbons (Fsp3) is 0.667. The third kappa shape index (κ3) is 2.49. The van der Waals surface area contributed by atoms with E-state index in [1.165, 1.54) is 6.92 Å². The van der Waals surface area contributed by atoms with Crippen molar-refractivity contribution in [3.05, 3.63) is 0 Å². The number of carbonyl (C=O) groups is 2. The third-order valence-corrected chi connectivity index (χ3v) is 1.63. The highest BCUT2D eigenvalue weighted by atomic mass is 32.1. The van der Waals surface area contributed by atoms with E-state index in [-0.39, 0.29) is 5.78 Å². The highest BCUT2D eigenvalue weighted by Gasteiger charge is 2.20. The van der Waals surface area contributed by atoms with Crippen molar-refractivity contribution in [3.8, 4) is 0 Å². The van der Waals surface area contributed by atoms with Crippen molar-refractivity contribution in [1.82, 2.24) is 0 Å². The van der Waals surface area contributed by atoms with Crippen molar-refractivity contribution >= 4 is 23.5 Å². The predicted molar refractivity (Wildman–Crippen MR) is 41.8 cm³/mol. The molecule has 0 rings (SSSR count). The van der Waals surface area contributed by atoms with Gasteiger partial charge in [-0.1, -0.05) is 0 Å². The van der Waals surface area contributed by atoms with Crippen molar-refractivity contribution in [2.75, 3.05) is 0 Å². The second-order valence-electron chi connectivity index (χ2n) is 2.25. The Kier molecular flexibility index (Phi) is 3.60. The molecule has 0 aromatic rings. The average molecular weight is 161 g/mol. The van der Waals surface area contributed by atoms with Crippen LogP contribution in [0, 0.1) is 5.92 Å². The predicted octanol–water partition coefficient (Wildman–Crippen LogP) is -0.00480. The van der Waals surface area contributed by atoms with Crippen LogP contribution in [0.2, 0.25) is 0 Å². The Morgan fingerprint density at radius 1 is 1.40 bits per heavy atom. The van der Waals surface area contributed by atoms with Crippen LogP contribution in [0.3, 0.4) is 0 Å². The third-order valence-electron chi connectivity index (χ3n) is 1.25. The van der Waals surface area contributed by atoms with E-state index >= 15 is 0 Å². The molecule has 0 fully saturated rings. The maximum atomic E-state index is 10.9. The monoisotopic (exact) mass is 161 g/mol. The van der Waals surface area contributed by atoms with Crippen molar-refractivity contribution in [2.24, 2.45) is 11.7 Å². The first kappa shape index (κ1) is 9.65. The molecular weight excluding hydrogens is 150 g/mol. The largest absolute Gasteiger partial charge is 0.322 e. The van der Waals surface area contributed by atoms with Gasteiger partial charge in [0, 0.05) is 0 Å². The average Bonchev–Trinajstić information content (AvgIpc) is 1.84. The van der Waals surface area contributed by atoms with E-state index in [1.807, 2.05) is 0 Å². The van der Waals surface area contributed by atoms with Gasteiger partial charge in [-0.05, 0) is 13.8 Å². The Labute approximate surface area is 65.4 Å². The molecule has 58 valence electrons. The maximum absolute atomic E-state index is 10.9. The van der Waals surface area contributed by atoms with Gasteiger partial charge in [0.15, 0.2) is 10.9 Å². The van der Waals surface area contributed by atoms with E-state index in [2.05, 4.69) is 12.6 Å². The second kappa shape index (κ2) is 3.73. The lowest BCUT2D eigenvalue weighted by molar-refractivity contribution is -0.128. The highest BCUT2D eigenvalue weighted by Crippen LogP contribution is 2.03. The Morgan fingerprint density at radius 3 is 1.90 bits per heavy atom. The van der Waals surface area contributed by atoms with Crippen LogP contribution in [0.25, 0.3) is 0 Å². The molecule has 10 heavy (non-hydrogen) atoms. The van der Waals surface area contributed by atoms with Crippen LogP contribution >= 0.6 is 12.6 Å². The number of thiol groups is 1. The molecule has 0 spiro atoms. The molecule has 0 heterocycles. The molecule has 0 saturated carbocycles. The zero-order valence-electron chi connectivity index (χ0n) is 6.00. The number of hydrogen-bond donors (Lipinski definition) is 2. The number of carbonyl (C=O) groups excluding carboxylic acids is 2. The number of rotatable bonds is 3. The molecule has 0 bridgehead atoms. The van der Waals surface area contributed by atoms with Gasteiger partial charge in [0.25, 0.3) is 0 Å². The second-order valence-corrected chi connectivity index (χ2v) is 2.69. The van der Waals surface area contributed by atoms with E-state index < -0.39 is 17.1 Å². The highest BCUT2D eigenvalue weighted by molar-refractivity contribution is 7.96. The SMILES string of the molecule is CC(N)C(=O)C(C)C(=O)S. The Bertz CT molecular complexity index is 156. The summed E-state index contributed by atoms with van der Waals surface area (Å²) in [4.78, 5) is 21.4. The standard InChI is InChI=1S/C6H11NO2S/c1-3(6(9)10)5(8)4(2)7/h3-4H,7H2,1-2H3,(H,9,10). The van der Waals surface area contributed by atoms with Crippen molar-refractivity contribution < 1.29 is 9.59 Å². The molecule has 2 N–H and O–H groups in total. The molecule has 2 atom stereocenters. The van der Waals surface area contributed by atoms with Gasteiger partial charge in [0.05, 0.1) is 12.0 Å². The van der Waals surface area contributed by atoms with Crippen LogP contribution in [0.4, 0.5) is 0 Å². The molecule has 0 aromatic carbocycles. The van der Waals surface area contributed by atoms with E-state index in [1.54, 1.807) is 6.92 Å². The lowest BCUT2D eigenvalue weighted by Gasteiger charge is -2.07. The van der Waals surface area contributed by atoms with Crippen LogP contribution in [-0.4, -0.2) is 16.9 Å². The number of nitrogens with two attached hydrogens (primary N) is 1. The Morgan fingerprint density at radius 2 is 1.80 bits per heavy atom. The Hall–Kier alpha value is -0.350. The van der Waals surface area contributed by atoms with Crippen LogP contribution in [0.15, 0.2) is 0 Å². The zero-order chi connectivity index (χ0) is 8.31. The summed E-state index contributed by atoms with van der Waals surface area (Å²) in [6.07, 6.45) is 0. The first-order chi connectivity index (χ1) is 4.46. The maximum Gasteiger partial charge on any atom is 0.196 e. The molecule has 0 amide bonds. The van der Waals surface area contributed by atoms with Gasteiger partial charge in [-0.3, -0.25) is 9.59 Å². The van der Waals surface area contributed by atoms with Crippen molar-refractivity contribution in [1.29, 1.82) is 0 Å². The van der Waals surface area contributed by atoms with Gasteiger partial charge < -0.3 is 5.73 Å². The summed E-state index contributed by atoms with van der Waals surface area (Å²) >= 11 is 3.51. The van der Waals surface area contributed by atoms with Crippen LogP contribution < -0.4 is 5.73 Å². The molecule has 0 saturated heterocycles. The first-order valence-electron chi connectivity index (χ1n) is 2.99. The molecule has 0 aliphatic rings. The molecule has 2 unspecified atom stereocenters. The van der Waals surface area contributed by atoms with Crippen molar-refractivity contribution in [2.45, 2.75) is 19.9 Å². The molecule has 4 heteroatoms. The molecule has 3 nitrogen and oxygen atoms in total. The van der Waals surface area contributed by atoms with E-state index in [0.29, 0.717) is 0 Å². The lowest BCUT2D eigenvalue weighted by atomic mass is 10.0. The van der Waals surface area contributed by atoms with Gasteiger partial charge >= 0.3 is 0 Å². The van der Waals surface area contributed by atoms with Gasteiger partial charge in [0.2, 0.25) is 0 Å². The number of hydrogen-bond acceptors (Lipinski definition) is 3.